The van der Waals surface area contributed by atoms with Crippen molar-refractivity contribution in [3.05, 3.63) is 59.4 Å². The molecule has 1 N–H and O–H groups in total. The summed E-state index contributed by atoms with van der Waals surface area (Å²) >= 11 is 0. The summed E-state index contributed by atoms with van der Waals surface area (Å²) in [6.07, 6.45) is 6.87. The molecule has 0 amide bonds. The average molecular weight is 282 g/mol. The summed E-state index contributed by atoms with van der Waals surface area (Å²) in [5, 5.41) is 3.66. The van der Waals surface area contributed by atoms with Gasteiger partial charge in [-0.25, -0.2) is 0 Å². The minimum absolute atomic E-state index is 0.415. The molecule has 0 saturated heterocycles. The van der Waals surface area contributed by atoms with Crippen molar-refractivity contribution in [3.63, 3.8) is 0 Å². The Kier molecular flexibility index (Phi) is 4.51. The zero-order valence-electron chi connectivity index (χ0n) is 12.5. The van der Waals surface area contributed by atoms with Gasteiger partial charge in [-0.2, -0.15) is 0 Å². The second kappa shape index (κ2) is 6.72. The Morgan fingerprint density at radius 2 is 2.10 bits per heavy atom. The third-order valence-corrected chi connectivity index (χ3v) is 4.08. The number of pyridine rings is 1. The largest absolute Gasteiger partial charge is 0.493 e. The number of hydrogen-bond acceptors (Lipinski definition) is 3. The molecule has 0 aliphatic carbocycles. The van der Waals surface area contributed by atoms with Crippen LogP contribution >= 0.6 is 0 Å². The highest BCUT2D eigenvalue weighted by Gasteiger charge is 2.15. The van der Waals surface area contributed by atoms with E-state index in [0.29, 0.717) is 6.04 Å². The molecule has 3 nitrogen and oxygen atoms in total. The summed E-state index contributed by atoms with van der Waals surface area (Å²) in [5.74, 6) is 1.06. The van der Waals surface area contributed by atoms with Crippen LogP contribution in [0.4, 0.5) is 0 Å². The number of benzene rings is 1. The van der Waals surface area contributed by atoms with Gasteiger partial charge in [-0.15, -0.1) is 0 Å². The van der Waals surface area contributed by atoms with Crippen LogP contribution in [0, 0.1) is 0 Å². The molecule has 0 bridgehead atoms. The summed E-state index contributed by atoms with van der Waals surface area (Å²) in [6.45, 7) is 4.04. The van der Waals surface area contributed by atoms with Crippen molar-refractivity contribution in [1.82, 2.24) is 10.3 Å². The lowest BCUT2D eigenvalue weighted by molar-refractivity contribution is 0.356. The number of fused-ring (bicyclic) bond motifs is 1. The summed E-state index contributed by atoms with van der Waals surface area (Å²) in [6, 6.07) is 11.2. The molecule has 1 atom stereocenters. The molecule has 1 aromatic heterocycles. The molecule has 0 spiro atoms. The maximum atomic E-state index is 5.58. The molecule has 1 aromatic carbocycles. The Hall–Kier alpha value is -1.87. The first-order valence-electron chi connectivity index (χ1n) is 7.74. The van der Waals surface area contributed by atoms with Gasteiger partial charge in [-0.05, 0) is 54.3 Å². The van der Waals surface area contributed by atoms with Gasteiger partial charge in [-0.3, -0.25) is 4.98 Å². The van der Waals surface area contributed by atoms with Crippen molar-refractivity contribution in [2.45, 2.75) is 32.2 Å². The Morgan fingerprint density at radius 1 is 1.24 bits per heavy atom. The van der Waals surface area contributed by atoms with Crippen LogP contribution in [-0.2, 0) is 12.8 Å². The summed E-state index contributed by atoms with van der Waals surface area (Å²) in [4.78, 5) is 4.05. The standard InChI is InChI=1S/C18H22N2O/c1-2-17(20-11-7-14-5-9-19-10-6-14)15-3-4-18-16(13-15)8-12-21-18/h3-6,9-10,13,17,20H,2,7-8,11-12H2,1H3. The first kappa shape index (κ1) is 14.1. The fourth-order valence-electron chi connectivity index (χ4n) is 2.86. The van der Waals surface area contributed by atoms with E-state index in [1.54, 1.807) is 0 Å². The monoisotopic (exact) mass is 282 g/mol. The summed E-state index contributed by atoms with van der Waals surface area (Å²) in [7, 11) is 0. The Balaban J connectivity index is 1.60. The van der Waals surface area contributed by atoms with Gasteiger partial charge in [0.05, 0.1) is 6.61 Å². The van der Waals surface area contributed by atoms with Gasteiger partial charge in [0, 0.05) is 24.9 Å². The van der Waals surface area contributed by atoms with Gasteiger partial charge in [0.2, 0.25) is 0 Å². The molecule has 1 aliphatic heterocycles. The minimum atomic E-state index is 0.415. The first-order valence-corrected chi connectivity index (χ1v) is 7.74. The second-order valence-corrected chi connectivity index (χ2v) is 5.49. The summed E-state index contributed by atoms with van der Waals surface area (Å²) in [5.41, 5.74) is 4.05. The van der Waals surface area contributed by atoms with E-state index in [1.165, 1.54) is 16.7 Å². The van der Waals surface area contributed by atoms with E-state index in [0.717, 1.165) is 38.2 Å². The maximum absolute atomic E-state index is 5.58. The molecule has 0 saturated carbocycles. The average Bonchev–Trinajstić information content (AvgIpc) is 3.00. The molecule has 0 fully saturated rings. The lowest BCUT2D eigenvalue weighted by Crippen LogP contribution is -2.23. The van der Waals surface area contributed by atoms with E-state index in [9.17, 15) is 0 Å². The van der Waals surface area contributed by atoms with E-state index < -0.39 is 0 Å². The predicted molar refractivity (Wildman–Crippen MR) is 84.6 cm³/mol. The Morgan fingerprint density at radius 3 is 2.90 bits per heavy atom. The predicted octanol–water partition coefficient (Wildman–Crippen LogP) is 3.30. The first-order chi connectivity index (χ1) is 10.4. The molecule has 1 unspecified atom stereocenters. The topological polar surface area (TPSA) is 34.2 Å². The van der Waals surface area contributed by atoms with Gasteiger partial charge in [0.15, 0.2) is 0 Å². The van der Waals surface area contributed by atoms with Crippen molar-refractivity contribution >= 4 is 0 Å². The van der Waals surface area contributed by atoms with Gasteiger partial charge >= 0.3 is 0 Å². The van der Waals surface area contributed by atoms with Crippen molar-refractivity contribution in [2.75, 3.05) is 13.2 Å². The quantitative estimate of drug-likeness (QED) is 0.882. The van der Waals surface area contributed by atoms with Crippen molar-refractivity contribution < 1.29 is 4.74 Å². The molecular weight excluding hydrogens is 260 g/mol. The molecule has 2 aromatic rings. The van der Waals surface area contributed by atoms with E-state index >= 15 is 0 Å². The van der Waals surface area contributed by atoms with E-state index in [4.69, 9.17) is 4.74 Å². The van der Waals surface area contributed by atoms with Crippen LogP contribution in [0.1, 0.15) is 36.1 Å². The van der Waals surface area contributed by atoms with Gasteiger partial charge in [0.25, 0.3) is 0 Å². The maximum Gasteiger partial charge on any atom is 0.122 e. The molecular formula is C18H22N2O. The SMILES string of the molecule is CCC(NCCc1ccncc1)c1ccc2c(c1)CCO2. The highest BCUT2D eigenvalue weighted by Crippen LogP contribution is 2.29. The number of rotatable bonds is 6. The van der Waals surface area contributed by atoms with Gasteiger partial charge in [0.1, 0.15) is 5.75 Å². The zero-order chi connectivity index (χ0) is 14.5. The number of aromatic nitrogens is 1. The number of ether oxygens (including phenoxy) is 1. The van der Waals surface area contributed by atoms with Crippen LogP contribution in [-0.4, -0.2) is 18.1 Å². The molecule has 3 heteroatoms. The van der Waals surface area contributed by atoms with Crippen LogP contribution in [0.5, 0.6) is 5.75 Å². The van der Waals surface area contributed by atoms with Gasteiger partial charge < -0.3 is 10.1 Å². The summed E-state index contributed by atoms with van der Waals surface area (Å²) < 4.78 is 5.58. The van der Waals surface area contributed by atoms with Crippen LogP contribution in [0.25, 0.3) is 0 Å². The molecule has 1 aliphatic rings. The molecule has 21 heavy (non-hydrogen) atoms. The zero-order valence-corrected chi connectivity index (χ0v) is 12.5. The highest BCUT2D eigenvalue weighted by molar-refractivity contribution is 5.40. The van der Waals surface area contributed by atoms with Crippen molar-refractivity contribution in [2.24, 2.45) is 0 Å². The Labute approximate surface area is 126 Å². The molecule has 3 rings (SSSR count). The normalized spacial score (nSPS) is 14.5. The minimum Gasteiger partial charge on any atom is -0.493 e. The fraction of sp³-hybridized carbons (Fsp3) is 0.389. The highest BCUT2D eigenvalue weighted by atomic mass is 16.5. The number of nitrogens with zero attached hydrogens (tertiary/aromatic N) is 1. The van der Waals surface area contributed by atoms with Crippen LogP contribution < -0.4 is 10.1 Å². The number of hydrogen-bond donors (Lipinski definition) is 1. The van der Waals surface area contributed by atoms with Crippen LogP contribution in [0.2, 0.25) is 0 Å². The van der Waals surface area contributed by atoms with E-state index in [1.807, 2.05) is 12.4 Å². The van der Waals surface area contributed by atoms with Crippen molar-refractivity contribution in [3.8, 4) is 5.75 Å². The molecule has 110 valence electrons. The fourth-order valence-corrected chi connectivity index (χ4v) is 2.86. The lowest BCUT2D eigenvalue weighted by Gasteiger charge is -2.18. The van der Waals surface area contributed by atoms with E-state index in [-0.39, 0.29) is 0 Å². The smallest absolute Gasteiger partial charge is 0.122 e. The lowest BCUT2D eigenvalue weighted by atomic mass is 10.0. The molecule has 2 heterocycles. The Bertz CT molecular complexity index is 583. The molecule has 0 radical (unpaired) electrons. The number of nitrogens with one attached hydrogen (secondary N) is 1. The third-order valence-electron chi connectivity index (χ3n) is 4.08. The third kappa shape index (κ3) is 3.42. The van der Waals surface area contributed by atoms with Crippen LogP contribution in [0.3, 0.4) is 0 Å². The van der Waals surface area contributed by atoms with E-state index in [2.05, 4.69) is 47.6 Å². The van der Waals surface area contributed by atoms with Crippen LogP contribution in [0.15, 0.2) is 42.7 Å². The second-order valence-electron chi connectivity index (χ2n) is 5.49. The van der Waals surface area contributed by atoms with Gasteiger partial charge in [-0.1, -0.05) is 19.1 Å². The van der Waals surface area contributed by atoms with Crippen molar-refractivity contribution in [1.29, 1.82) is 0 Å².